The summed E-state index contributed by atoms with van der Waals surface area (Å²) >= 11 is 8.57. The van der Waals surface area contributed by atoms with Crippen LogP contribution in [0.1, 0.15) is 75.4 Å². The average molecular weight is 650 g/mol. The number of piperidine rings is 2. The largest absolute Gasteiger partial charge is 0.481 e. The molecule has 1 saturated carbocycles. The summed E-state index contributed by atoms with van der Waals surface area (Å²) in [6.45, 7) is 7.22. The lowest BCUT2D eigenvalue weighted by molar-refractivity contribution is -0.142. The number of carboxylic acid groups (broad SMARTS) is 1. The minimum atomic E-state index is -0.698. The Kier molecular flexibility index (Phi) is 10.6. The summed E-state index contributed by atoms with van der Waals surface area (Å²) in [7, 11) is 2.21. The van der Waals surface area contributed by atoms with Crippen molar-refractivity contribution in [3.8, 4) is 0 Å². The molecule has 0 bridgehead atoms. The molecule has 0 amide bonds. The van der Waals surface area contributed by atoms with E-state index in [1.54, 1.807) is 0 Å². The minimum Gasteiger partial charge on any atom is -0.481 e. The summed E-state index contributed by atoms with van der Waals surface area (Å²) in [6.07, 6.45) is 10.3. The van der Waals surface area contributed by atoms with Crippen molar-refractivity contribution in [2.75, 3.05) is 32.5 Å². The van der Waals surface area contributed by atoms with Gasteiger partial charge in [0.2, 0.25) is 0 Å². The Bertz CT molecular complexity index is 1230. The Morgan fingerprint density at radius 2 is 2.05 bits per heavy atom. The molecule has 3 N–H and O–H groups in total. The number of carboxylic acids is 1. The lowest BCUT2D eigenvalue weighted by Crippen LogP contribution is -2.57. The van der Waals surface area contributed by atoms with Gasteiger partial charge in [-0.25, -0.2) is 4.98 Å². The summed E-state index contributed by atoms with van der Waals surface area (Å²) in [5, 5.41) is 17.5. The first kappa shape index (κ1) is 32.8. The highest BCUT2D eigenvalue weighted by atomic mass is 35.5. The second-order valence-corrected chi connectivity index (χ2v) is 16.1. The topological polar surface area (TPSA) is 109 Å². The van der Waals surface area contributed by atoms with Gasteiger partial charge in [0.1, 0.15) is 5.82 Å². The Balaban J connectivity index is 1.11. The number of nitrogens with one attached hydrogen (secondary N) is 2. The normalized spacial score (nSPS) is 37.5. The van der Waals surface area contributed by atoms with Gasteiger partial charge in [0.25, 0.3) is 5.56 Å². The SMILES string of the molecule is Cc1nc2c(c(=O)n1CCOC1CCC(Cl)CC1C1CC(C)NC3C(C(=O)O)CSC13)CC(N(C)CC1CCCCN1)CC2. The van der Waals surface area contributed by atoms with Gasteiger partial charge in [0.15, 0.2) is 0 Å². The highest BCUT2D eigenvalue weighted by molar-refractivity contribution is 8.00. The van der Waals surface area contributed by atoms with Crippen LogP contribution in [0.15, 0.2) is 4.79 Å². The summed E-state index contributed by atoms with van der Waals surface area (Å²) in [5.41, 5.74) is 1.97. The summed E-state index contributed by atoms with van der Waals surface area (Å²) < 4.78 is 8.48. The number of aryl methyl sites for hydroxylation is 2. The van der Waals surface area contributed by atoms with Crippen LogP contribution in [0.2, 0.25) is 0 Å². The molecule has 6 rings (SSSR count). The van der Waals surface area contributed by atoms with E-state index in [9.17, 15) is 14.7 Å². The number of rotatable bonds is 9. The molecule has 246 valence electrons. The number of hydrogen-bond acceptors (Lipinski definition) is 8. The number of alkyl halides is 1. The molecular formula is C33H52ClN5O4S. The van der Waals surface area contributed by atoms with Crippen molar-refractivity contribution in [3.63, 3.8) is 0 Å². The van der Waals surface area contributed by atoms with Crippen LogP contribution in [-0.2, 0) is 28.9 Å². The van der Waals surface area contributed by atoms with Gasteiger partial charge in [0.05, 0.1) is 30.9 Å². The Morgan fingerprint density at radius 1 is 1.20 bits per heavy atom. The number of halogens is 1. The van der Waals surface area contributed by atoms with E-state index in [1.807, 2.05) is 23.3 Å². The van der Waals surface area contributed by atoms with Crippen molar-refractivity contribution >= 4 is 29.3 Å². The molecule has 1 aromatic rings. The van der Waals surface area contributed by atoms with Crippen molar-refractivity contribution < 1.29 is 14.6 Å². The Labute approximate surface area is 271 Å². The third-order valence-corrected chi connectivity index (χ3v) is 13.3. The van der Waals surface area contributed by atoms with Crippen LogP contribution < -0.4 is 16.2 Å². The Morgan fingerprint density at radius 3 is 2.82 bits per heavy atom. The van der Waals surface area contributed by atoms with E-state index < -0.39 is 5.97 Å². The number of nitrogens with zero attached hydrogens (tertiary/aromatic N) is 3. The van der Waals surface area contributed by atoms with Crippen molar-refractivity contribution in [2.24, 2.45) is 17.8 Å². The van der Waals surface area contributed by atoms with Gasteiger partial charge in [0, 0.05) is 52.7 Å². The molecule has 3 aliphatic heterocycles. The number of hydrogen-bond donors (Lipinski definition) is 3. The first-order valence-corrected chi connectivity index (χ1v) is 18.6. The van der Waals surface area contributed by atoms with E-state index in [4.69, 9.17) is 21.3 Å². The first-order chi connectivity index (χ1) is 21.2. The third kappa shape index (κ3) is 7.05. The predicted octanol–water partition coefficient (Wildman–Crippen LogP) is 3.46. The van der Waals surface area contributed by atoms with E-state index in [-0.39, 0.29) is 46.2 Å². The second-order valence-electron chi connectivity index (χ2n) is 14.2. The average Bonchev–Trinajstić information content (AvgIpc) is 3.43. The van der Waals surface area contributed by atoms with Gasteiger partial charge in [-0.15, -0.1) is 11.6 Å². The number of thioether (sulfide) groups is 1. The van der Waals surface area contributed by atoms with E-state index in [0.29, 0.717) is 36.9 Å². The molecule has 10 unspecified atom stereocenters. The monoisotopic (exact) mass is 649 g/mol. The number of carbonyl (C=O) groups is 1. The fraction of sp³-hybridized carbons (Fsp3) is 0.848. The molecule has 11 heteroatoms. The highest BCUT2D eigenvalue weighted by Crippen LogP contribution is 2.48. The van der Waals surface area contributed by atoms with Crippen molar-refractivity contribution in [1.29, 1.82) is 0 Å². The molecule has 44 heavy (non-hydrogen) atoms. The number of ether oxygens (including phenoxy) is 1. The minimum absolute atomic E-state index is 0.00722. The molecule has 9 nitrogen and oxygen atoms in total. The van der Waals surface area contributed by atoms with E-state index >= 15 is 0 Å². The molecule has 1 aromatic heterocycles. The van der Waals surface area contributed by atoms with Gasteiger partial charge in [-0.1, -0.05) is 6.42 Å². The maximum Gasteiger partial charge on any atom is 0.308 e. The maximum atomic E-state index is 13.8. The van der Waals surface area contributed by atoms with Crippen LogP contribution in [0.5, 0.6) is 0 Å². The van der Waals surface area contributed by atoms with E-state index in [2.05, 4.69) is 29.5 Å². The van der Waals surface area contributed by atoms with Gasteiger partial charge < -0.3 is 25.4 Å². The van der Waals surface area contributed by atoms with Gasteiger partial charge in [-0.2, -0.15) is 11.8 Å². The molecule has 5 aliphatic rings. The van der Waals surface area contributed by atoms with Crippen molar-refractivity contribution in [2.45, 2.75) is 125 Å². The molecule has 0 radical (unpaired) electrons. The van der Waals surface area contributed by atoms with Crippen molar-refractivity contribution in [1.82, 2.24) is 25.1 Å². The summed E-state index contributed by atoms with van der Waals surface area (Å²) in [6, 6.07) is 1.17. The molecule has 0 aromatic carbocycles. The molecule has 4 fully saturated rings. The quantitative estimate of drug-likeness (QED) is 0.347. The van der Waals surface area contributed by atoms with Crippen LogP contribution in [-0.4, -0.2) is 98.9 Å². The van der Waals surface area contributed by atoms with E-state index in [0.717, 1.165) is 75.1 Å². The highest BCUT2D eigenvalue weighted by Gasteiger charge is 2.51. The summed E-state index contributed by atoms with van der Waals surface area (Å²) in [5.74, 6) is 1.04. The van der Waals surface area contributed by atoms with Gasteiger partial charge in [-0.05, 0) is 97.1 Å². The zero-order valence-corrected chi connectivity index (χ0v) is 28.3. The predicted molar refractivity (Wildman–Crippen MR) is 176 cm³/mol. The third-order valence-electron chi connectivity index (χ3n) is 11.3. The van der Waals surface area contributed by atoms with Gasteiger partial charge >= 0.3 is 5.97 Å². The lowest BCUT2D eigenvalue weighted by atomic mass is 9.70. The van der Waals surface area contributed by atoms with Crippen LogP contribution in [0.3, 0.4) is 0 Å². The Hall–Kier alpha value is -1.17. The standard InChI is InChI=1S/C33H52ClN5O4S/c1-19-14-25(31-30(36-19)27(18-44-31)33(41)42)24-15-21(34)7-10-29(24)43-13-12-39-20(2)37-28-9-8-23(16-26(28)32(39)40)38(3)17-22-6-4-5-11-35-22/h19,21-25,27,29-31,35-36H,4-18H2,1-3H3,(H,41,42). The number of fused-ring (bicyclic) bond motifs is 2. The van der Waals surface area contributed by atoms with Gasteiger partial charge in [-0.3, -0.25) is 14.2 Å². The zero-order chi connectivity index (χ0) is 31.0. The van der Waals surface area contributed by atoms with Crippen molar-refractivity contribution in [3.05, 3.63) is 27.4 Å². The molecule has 4 heterocycles. The molecule has 3 saturated heterocycles. The van der Waals surface area contributed by atoms with Crippen LogP contribution in [0.4, 0.5) is 0 Å². The van der Waals surface area contributed by atoms with Crippen LogP contribution in [0, 0.1) is 24.7 Å². The number of likely N-dealkylation sites (N-methyl/N-ethyl adjacent to an activating group) is 1. The zero-order valence-electron chi connectivity index (χ0n) is 26.7. The molecule has 0 spiro atoms. The summed E-state index contributed by atoms with van der Waals surface area (Å²) in [4.78, 5) is 33.2. The maximum absolute atomic E-state index is 13.8. The second kappa shape index (κ2) is 14.3. The van der Waals surface area contributed by atoms with Crippen LogP contribution >= 0.6 is 23.4 Å². The van der Waals surface area contributed by atoms with Crippen LogP contribution in [0.25, 0.3) is 0 Å². The first-order valence-electron chi connectivity index (χ1n) is 17.1. The number of aromatic nitrogens is 2. The molecule has 10 atom stereocenters. The fourth-order valence-electron chi connectivity index (χ4n) is 8.94. The molecular weight excluding hydrogens is 598 g/mol. The number of aliphatic carboxylic acids is 1. The van der Waals surface area contributed by atoms with E-state index in [1.165, 1.54) is 19.3 Å². The smallest absolute Gasteiger partial charge is 0.308 e. The lowest BCUT2D eigenvalue weighted by Gasteiger charge is -2.47. The molecule has 2 aliphatic carbocycles. The fourth-order valence-corrected chi connectivity index (χ4v) is 11.1.